The summed E-state index contributed by atoms with van der Waals surface area (Å²) in [5, 5.41) is 3.48. The Labute approximate surface area is 101 Å². The normalized spacial score (nSPS) is 19.6. The maximum Gasteiger partial charge on any atom is 0.108 e. The molecular weight excluding hydrogens is 212 g/mol. The van der Waals surface area contributed by atoms with Crippen molar-refractivity contribution in [1.82, 2.24) is 20.3 Å². The van der Waals surface area contributed by atoms with Crippen molar-refractivity contribution in [2.24, 2.45) is 0 Å². The van der Waals surface area contributed by atoms with Gasteiger partial charge in [-0.05, 0) is 31.5 Å². The number of hydrogen-bond acceptors (Lipinski definition) is 3. The number of hydrogen-bond donors (Lipinski definition) is 2. The van der Waals surface area contributed by atoms with E-state index >= 15 is 0 Å². The molecular formula is C13H16N4. The number of H-pyrrole nitrogens is 1. The van der Waals surface area contributed by atoms with Crippen molar-refractivity contribution in [3.63, 3.8) is 0 Å². The van der Waals surface area contributed by atoms with Gasteiger partial charge in [-0.3, -0.25) is 4.98 Å². The van der Waals surface area contributed by atoms with Gasteiger partial charge < -0.3 is 10.3 Å². The Morgan fingerprint density at radius 1 is 1.29 bits per heavy atom. The molecule has 1 unspecified atom stereocenters. The minimum Gasteiger partial charge on any atom is -0.341 e. The molecule has 1 fully saturated rings. The predicted octanol–water partition coefficient (Wildman–Crippen LogP) is 1.77. The molecule has 3 rings (SSSR count). The zero-order valence-electron chi connectivity index (χ0n) is 9.69. The first kappa shape index (κ1) is 10.5. The molecule has 2 aromatic rings. The second-order valence-corrected chi connectivity index (χ2v) is 4.46. The third-order valence-electron chi connectivity index (χ3n) is 3.17. The Hall–Kier alpha value is -1.68. The van der Waals surface area contributed by atoms with Crippen LogP contribution in [0.25, 0.3) is 11.4 Å². The molecule has 0 aromatic carbocycles. The van der Waals surface area contributed by atoms with E-state index in [1.165, 1.54) is 12.8 Å². The number of nitrogens with one attached hydrogen (secondary N) is 2. The molecule has 0 spiro atoms. The number of aromatic amines is 1. The van der Waals surface area contributed by atoms with Crippen LogP contribution >= 0.6 is 0 Å². The molecule has 88 valence electrons. The molecule has 0 aliphatic carbocycles. The average molecular weight is 228 g/mol. The Morgan fingerprint density at radius 3 is 3.06 bits per heavy atom. The number of rotatable bonds is 3. The molecule has 1 aliphatic heterocycles. The Kier molecular flexibility index (Phi) is 2.88. The van der Waals surface area contributed by atoms with E-state index in [0.717, 1.165) is 30.2 Å². The number of imidazole rings is 1. The summed E-state index contributed by atoms with van der Waals surface area (Å²) in [4.78, 5) is 12.1. The van der Waals surface area contributed by atoms with Crippen LogP contribution in [0, 0.1) is 0 Å². The van der Waals surface area contributed by atoms with Gasteiger partial charge in [0.1, 0.15) is 5.82 Å². The second-order valence-electron chi connectivity index (χ2n) is 4.46. The molecule has 2 N–H and O–H groups in total. The highest BCUT2D eigenvalue weighted by molar-refractivity contribution is 5.52. The van der Waals surface area contributed by atoms with Crippen LogP contribution in [0.2, 0.25) is 0 Å². The summed E-state index contributed by atoms with van der Waals surface area (Å²) in [6.45, 7) is 1.14. The molecule has 1 atom stereocenters. The molecule has 0 bridgehead atoms. The molecule has 4 nitrogen and oxygen atoms in total. The fourth-order valence-electron chi connectivity index (χ4n) is 2.28. The SMILES string of the molecule is c1ccc(-c2cnc(CC3CCCN3)[nH]2)nc1. The first-order valence-corrected chi connectivity index (χ1v) is 6.10. The predicted molar refractivity (Wildman–Crippen MR) is 66.5 cm³/mol. The van der Waals surface area contributed by atoms with Crippen molar-refractivity contribution in [3.8, 4) is 11.4 Å². The monoisotopic (exact) mass is 228 g/mol. The van der Waals surface area contributed by atoms with E-state index in [9.17, 15) is 0 Å². The van der Waals surface area contributed by atoms with Crippen LogP contribution in [-0.2, 0) is 6.42 Å². The topological polar surface area (TPSA) is 53.6 Å². The standard InChI is InChI=1S/C13H16N4/c1-2-6-15-11(5-1)12-9-16-13(17-12)8-10-4-3-7-14-10/h1-2,5-6,9-10,14H,3-4,7-8H2,(H,16,17). The van der Waals surface area contributed by atoms with E-state index in [0.29, 0.717) is 6.04 Å². The quantitative estimate of drug-likeness (QED) is 0.841. The van der Waals surface area contributed by atoms with Crippen LogP contribution in [0.1, 0.15) is 18.7 Å². The number of aromatic nitrogens is 3. The van der Waals surface area contributed by atoms with Crippen LogP contribution in [0.4, 0.5) is 0 Å². The summed E-state index contributed by atoms with van der Waals surface area (Å²) in [7, 11) is 0. The maximum atomic E-state index is 4.42. The summed E-state index contributed by atoms with van der Waals surface area (Å²) >= 11 is 0. The Bertz CT molecular complexity index is 471. The van der Waals surface area contributed by atoms with Crippen molar-refractivity contribution in [2.75, 3.05) is 6.54 Å². The number of nitrogens with zero attached hydrogens (tertiary/aromatic N) is 2. The van der Waals surface area contributed by atoms with Gasteiger partial charge in [0.15, 0.2) is 0 Å². The van der Waals surface area contributed by atoms with Crippen LogP contribution in [0.15, 0.2) is 30.6 Å². The zero-order valence-corrected chi connectivity index (χ0v) is 9.69. The van der Waals surface area contributed by atoms with E-state index in [2.05, 4.69) is 20.3 Å². The second kappa shape index (κ2) is 4.67. The Balaban J connectivity index is 1.74. The first-order chi connectivity index (χ1) is 8.42. The lowest BCUT2D eigenvalue weighted by Crippen LogP contribution is -2.24. The van der Waals surface area contributed by atoms with Crippen LogP contribution in [0.3, 0.4) is 0 Å². The maximum absolute atomic E-state index is 4.42. The van der Waals surface area contributed by atoms with E-state index in [1.807, 2.05) is 24.4 Å². The minimum absolute atomic E-state index is 0.581. The van der Waals surface area contributed by atoms with E-state index in [1.54, 1.807) is 6.20 Å². The van der Waals surface area contributed by atoms with E-state index < -0.39 is 0 Å². The van der Waals surface area contributed by atoms with Crippen molar-refractivity contribution in [2.45, 2.75) is 25.3 Å². The van der Waals surface area contributed by atoms with E-state index in [-0.39, 0.29) is 0 Å². The smallest absolute Gasteiger partial charge is 0.108 e. The zero-order chi connectivity index (χ0) is 11.5. The molecule has 3 heterocycles. The molecule has 1 aliphatic rings. The summed E-state index contributed by atoms with van der Waals surface area (Å²) in [5.41, 5.74) is 1.95. The molecule has 0 radical (unpaired) electrons. The molecule has 0 saturated carbocycles. The van der Waals surface area contributed by atoms with Gasteiger partial charge in [0.2, 0.25) is 0 Å². The molecule has 0 amide bonds. The van der Waals surface area contributed by atoms with Crippen LogP contribution in [-0.4, -0.2) is 27.5 Å². The largest absolute Gasteiger partial charge is 0.341 e. The lowest BCUT2D eigenvalue weighted by atomic mass is 10.1. The molecule has 1 saturated heterocycles. The van der Waals surface area contributed by atoms with Crippen LogP contribution in [0.5, 0.6) is 0 Å². The van der Waals surface area contributed by atoms with Crippen molar-refractivity contribution in [3.05, 3.63) is 36.4 Å². The fourth-order valence-corrected chi connectivity index (χ4v) is 2.28. The summed E-state index contributed by atoms with van der Waals surface area (Å²) in [5.74, 6) is 1.05. The van der Waals surface area contributed by atoms with Gasteiger partial charge in [0.25, 0.3) is 0 Å². The first-order valence-electron chi connectivity index (χ1n) is 6.10. The minimum atomic E-state index is 0.581. The van der Waals surface area contributed by atoms with Gasteiger partial charge in [-0.1, -0.05) is 6.07 Å². The lowest BCUT2D eigenvalue weighted by Gasteiger charge is -2.06. The van der Waals surface area contributed by atoms with E-state index in [4.69, 9.17) is 0 Å². The summed E-state index contributed by atoms with van der Waals surface area (Å²) in [6.07, 6.45) is 7.17. The average Bonchev–Trinajstić information content (AvgIpc) is 3.02. The third kappa shape index (κ3) is 2.36. The van der Waals surface area contributed by atoms with Crippen molar-refractivity contribution in [1.29, 1.82) is 0 Å². The van der Waals surface area contributed by atoms with Gasteiger partial charge >= 0.3 is 0 Å². The van der Waals surface area contributed by atoms with Gasteiger partial charge in [0.05, 0.1) is 17.6 Å². The molecule has 2 aromatic heterocycles. The highest BCUT2D eigenvalue weighted by Crippen LogP contribution is 2.15. The van der Waals surface area contributed by atoms with Gasteiger partial charge in [0, 0.05) is 18.7 Å². The summed E-state index contributed by atoms with van der Waals surface area (Å²) in [6, 6.07) is 6.48. The fraction of sp³-hybridized carbons (Fsp3) is 0.385. The number of pyridine rings is 1. The summed E-state index contributed by atoms with van der Waals surface area (Å²) < 4.78 is 0. The van der Waals surface area contributed by atoms with Crippen molar-refractivity contribution >= 4 is 0 Å². The van der Waals surface area contributed by atoms with Crippen molar-refractivity contribution < 1.29 is 0 Å². The highest BCUT2D eigenvalue weighted by atomic mass is 15.0. The Morgan fingerprint density at radius 2 is 2.29 bits per heavy atom. The van der Waals surface area contributed by atoms with Gasteiger partial charge in [-0.25, -0.2) is 4.98 Å². The third-order valence-corrected chi connectivity index (χ3v) is 3.17. The molecule has 17 heavy (non-hydrogen) atoms. The van der Waals surface area contributed by atoms with Crippen LogP contribution < -0.4 is 5.32 Å². The molecule has 4 heteroatoms. The van der Waals surface area contributed by atoms with Gasteiger partial charge in [-0.15, -0.1) is 0 Å². The lowest BCUT2D eigenvalue weighted by molar-refractivity contribution is 0.589. The highest BCUT2D eigenvalue weighted by Gasteiger charge is 2.16. The van der Waals surface area contributed by atoms with Gasteiger partial charge in [-0.2, -0.15) is 0 Å².